The summed E-state index contributed by atoms with van der Waals surface area (Å²) in [4.78, 5) is 0. The van der Waals surface area contributed by atoms with Crippen molar-refractivity contribution >= 4 is 11.6 Å². The SMILES string of the molecule is Cc1ccc(C(N)c2cc(C)c(Cl)cc2C)c(F)c1. The van der Waals surface area contributed by atoms with Crippen LogP contribution in [0.5, 0.6) is 0 Å². The minimum Gasteiger partial charge on any atom is -0.320 e. The first-order valence-electron chi connectivity index (χ1n) is 6.18. The monoisotopic (exact) mass is 277 g/mol. The highest BCUT2D eigenvalue weighted by atomic mass is 35.5. The van der Waals surface area contributed by atoms with Crippen LogP contribution < -0.4 is 5.73 Å². The summed E-state index contributed by atoms with van der Waals surface area (Å²) in [5.41, 5.74) is 10.4. The van der Waals surface area contributed by atoms with Crippen molar-refractivity contribution in [1.29, 1.82) is 0 Å². The van der Waals surface area contributed by atoms with Gasteiger partial charge < -0.3 is 5.73 Å². The van der Waals surface area contributed by atoms with E-state index in [1.54, 1.807) is 6.07 Å². The summed E-state index contributed by atoms with van der Waals surface area (Å²) in [6, 6.07) is 8.46. The lowest BCUT2D eigenvalue weighted by Gasteiger charge is -2.17. The second kappa shape index (κ2) is 5.32. The summed E-state index contributed by atoms with van der Waals surface area (Å²) in [6.45, 7) is 5.71. The summed E-state index contributed by atoms with van der Waals surface area (Å²) >= 11 is 6.07. The second-order valence-electron chi connectivity index (χ2n) is 4.96. The van der Waals surface area contributed by atoms with Gasteiger partial charge in [-0.05, 0) is 55.2 Å². The molecular weight excluding hydrogens is 261 g/mol. The van der Waals surface area contributed by atoms with E-state index in [1.807, 2.05) is 39.0 Å². The fraction of sp³-hybridized carbons (Fsp3) is 0.250. The summed E-state index contributed by atoms with van der Waals surface area (Å²) < 4.78 is 14.0. The molecule has 0 bridgehead atoms. The Kier molecular flexibility index (Phi) is 3.93. The molecule has 0 aliphatic heterocycles. The molecule has 1 nitrogen and oxygen atoms in total. The minimum atomic E-state index is -0.475. The topological polar surface area (TPSA) is 26.0 Å². The van der Waals surface area contributed by atoms with Gasteiger partial charge in [-0.25, -0.2) is 4.39 Å². The quantitative estimate of drug-likeness (QED) is 0.862. The molecule has 0 radical (unpaired) electrons. The van der Waals surface area contributed by atoms with Gasteiger partial charge in [0.15, 0.2) is 0 Å². The largest absolute Gasteiger partial charge is 0.320 e. The van der Waals surface area contributed by atoms with Gasteiger partial charge in [0, 0.05) is 10.6 Å². The molecule has 0 amide bonds. The van der Waals surface area contributed by atoms with E-state index in [4.69, 9.17) is 17.3 Å². The van der Waals surface area contributed by atoms with Gasteiger partial charge in [0.05, 0.1) is 6.04 Å². The molecule has 0 aliphatic carbocycles. The van der Waals surface area contributed by atoms with E-state index in [0.29, 0.717) is 10.6 Å². The molecule has 1 atom stereocenters. The molecule has 0 spiro atoms. The van der Waals surface area contributed by atoms with E-state index in [-0.39, 0.29) is 5.82 Å². The number of rotatable bonds is 2. The van der Waals surface area contributed by atoms with Crippen LogP contribution in [-0.4, -0.2) is 0 Å². The highest BCUT2D eigenvalue weighted by Crippen LogP contribution is 2.29. The maximum absolute atomic E-state index is 14.0. The van der Waals surface area contributed by atoms with Crippen LogP contribution in [0.2, 0.25) is 5.02 Å². The maximum Gasteiger partial charge on any atom is 0.128 e. The van der Waals surface area contributed by atoms with E-state index in [1.165, 1.54) is 6.07 Å². The van der Waals surface area contributed by atoms with Crippen LogP contribution in [0.4, 0.5) is 4.39 Å². The Morgan fingerprint density at radius 2 is 1.68 bits per heavy atom. The van der Waals surface area contributed by atoms with Crippen molar-refractivity contribution in [1.82, 2.24) is 0 Å². The smallest absolute Gasteiger partial charge is 0.128 e. The number of hydrogen-bond acceptors (Lipinski definition) is 1. The molecule has 2 aromatic rings. The molecule has 0 aliphatic rings. The lowest BCUT2D eigenvalue weighted by atomic mass is 9.93. The van der Waals surface area contributed by atoms with Gasteiger partial charge in [-0.2, -0.15) is 0 Å². The van der Waals surface area contributed by atoms with Gasteiger partial charge in [-0.3, -0.25) is 0 Å². The van der Waals surface area contributed by atoms with Crippen LogP contribution in [-0.2, 0) is 0 Å². The van der Waals surface area contributed by atoms with Gasteiger partial charge in [-0.15, -0.1) is 0 Å². The van der Waals surface area contributed by atoms with Gasteiger partial charge in [-0.1, -0.05) is 29.8 Å². The standard InChI is InChI=1S/C16H17ClFN/c1-9-4-5-12(15(18)6-9)16(19)13-7-11(3)14(17)8-10(13)2/h4-8,16H,19H2,1-3H3. The molecule has 0 fully saturated rings. The van der Waals surface area contributed by atoms with Crippen molar-refractivity contribution in [2.75, 3.05) is 0 Å². The van der Waals surface area contributed by atoms with Crippen molar-refractivity contribution in [2.24, 2.45) is 5.73 Å². The number of benzene rings is 2. The van der Waals surface area contributed by atoms with Crippen molar-refractivity contribution in [3.63, 3.8) is 0 Å². The molecule has 0 aromatic heterocycles. The highest BCUT2D eigenvalue weighted by molar-refractivity contribution is 6.31. The number of halogens is 2. The molecule has 2 rings (SSSR count). The van der Waals surface area contributed by atoms with E-state index in [2.05, 4.69) is 0 Å². The van der Waals surface area contributed by atoms with Crippen molar-refractivity contribution in [2.45, 2.75) is 26.8 Å². The van der Waals surface area contributed by atoms with Gasteiger partial charge in [0.2, 0.25) is 0 Å². The predicted octanol–water partition coefficient (Wildman–Crippen LogP) is 4.45. The molecule has 2 aromatic carbocycles. The Morgan fingerprint density at radius 3 is 2.32 bits per heavy atom. The first kappa shape index (κ1) is 14.0. The van der Waals surface area contributed by atoms with E-state index in [9.17, 15) is 4.39 Å². The molecule has 100 valence electrons. The van der Waals surface area contributed by atoms with Crippen LogP contribution in [0.15, 0.2) is 30.3 Å². The third kappa shape index (κ3) is 2.80. The number of aryl methyl sites for hydroxylation is 3. The average Bonchev–Trinajstić information content (AvgIpc) is 2.33. The second-order valence-corrected chi connectivity index (χ2v) is 5.37. The molecule has 3 heteroatoms. The summed E-state index contributed by atoms with van der Waals surface area (Å²) in [6.07, 6.45) is 0. The minimum absolute atomic E-state index is 0.264. The number of hydrogen-bond donors (Lipinski definition) is 1. The number of nitrogens with two attached hydrogens (primary N) is 1. The zero-order valence-electron chi connectivity index (χ0n) is 11.3. The lowest BCUT2D eigenvalue weighted by molar-refractivity contribution is 0.598. The van der Waals surface area contributed by atoms with Crippen LogP contribution in [0, 0.1) is 26.6 Å². The molecular formula is C16H17ClFN. The first-order chi connectivity index (χ1) is 8.90. The first-order valence-corrected chi connectivity index (χ1v) is 6.56. The molecule has 0 heterocycles. The van der Waals surface area contributed by atoms with Crippen LogP contribution in [0.25, 0.3) is 0 Å². The fourth-order valence-electron chi connectivity index (χ4n) is 2.19. The lowest BCUT2D eigenvalue weighted by Crippen LogP contribution is -2.15. The molecule has 1 unspecified atom stereocenters. The highest BCUT2D eigenvalue weighted by Gasteiger charge is 2.16. The third-order valence-electron chi connectivity index (χ3n) is 3.37. The summed E-state index contributed by atoms with van der Waals surface area (Å²) in [7, 11) is 0. The summed E-state index contributed by atoms with van der Waals surface area (Å²) in [5.74, 6) is -0.264. The molecule has 19 heavy (non-hydrogen) atoms. The average molecular weight is 278 g/mol. The van der Waals surface area contributed by atoms with Crippen LogP contribution >= 0.6 is 11.6 Å². The molecule has 2 N–H and O–H groups in total. The Morgan fingerprint density at radius 1 is 1.00 bits per heavy atom. The maximum atomic E-state index is 14.0. The van der Waals surface area contributed by atoms with Gasteiger partial charge in [0.1, 0.15) is 5.82 Å². The van der Waals surface area contributed by atoms with Gasteiger partial charge >= 0.3 is 0 Å². The fourth-order valence-corrected chi connectivity index (χ4v) is 2.41. The third-order valence-corrected chi connectivity index (χ3v) is 3.78. The normalized spacial score (nSPS) is 12.5. The van der Waals surface area contributed by atoms with E-state index < -0.39 is 6.04 Å². The Labute approximate surface area is 118 Å². The zero-order valence-corrected chi connectivity index (χ0v) is 12.1. The van der Waals surface area contributed by atoms with E-state index >= 15 is 0 Å². The molecule has 0 saturated heterocycles. The van der Waals surface area contributed by atoms with Crippen LogP contribution in [0.3, 0.4) is 0 Å². The van der Waals surface area contributed by atoms with E-state index in [0.717, 1.165) is 22.3 Å². The summed E-state index contributed by atoms with van der Waals surface area (Å²) in [5, 5.41) is 0.706. The Balaban J connectivity index is 2.49. The zero-order chi connectivity index (χ0) is 14.2. The molecule has 0 saturated carbocycles. The van der Waals surface area contributed by atoms with Gasteiger partial charge in [0.25, 0.3) is 0 Å². The predicted molar refractivity (Wildman–Crippen MR) is 78.1 cm³/mol. The van der Waals surface area contributed by atoms with Crippen molar-refractivity contribution in [3.8, 4) is 0 Å². The van der Waals surface area contributed by atoms with Crippen molar-refractivity contribution in [3.05, 3.63) is 69.0 Å². The Bertz CT molecular complexity index is 622. The van der Waals surface area contributed by atoms with Crippen molar-refractivity contribution < 1.29 is 4.39 Å². The Hall–Kier alpha value is -1.38. The van der Waals surface area contributed by atoms with Crippen LogP contribution in [0.1, 0.15) is 33.9 Å².